The van der Waals surface area contributed by atoms with Crippen LogP contribution in [0.4, 0.5) is 5.69 Å². The zero-order chi connectivity index (χ0) is 14.4. The van der Waals surface area contributed by atoms with E-state index in [1.54, 1.807) is 10.9 Å². The quantitative estimate of drug-likeness (QED) is 0.726. The van der Waals surface area contributed by atoms with Crippen LogP contribution in [0.2, 0.25) is 0 Å². The average molecular weight is 280 g/mol. The maximum absolute atomic E-state index is 11.5. The van der Waals surface area contributed by atoms with Crippen molar-refractivity contribution >= 4 is 11.6 Å². The van der Waals surface area contributed by atoms with Crippen LogP contribution in [-0.2, 0) is 11.3 Å². The number of nitrogens with one attached hydrogen (secondary N) is 2. The monoisotopic (exact) mass is 280 g/mol. The van der Waals surface area contributed by atoms with Gasteiger partial charge in [-0.15, -0.1) is 0 Å². The first-order valence-electron chi connectivity index (χ1n) is 7.34. The third kappa shape index (κ3) is 4.52. The average Bonchev–Trinajstić information content (AvgIpc) is 2.83. The van der Waals surface area contributed by atoms with Crippen molar-refractivity contribution in [1.82, 2.24) is 15.1 Å². The maximum atomic E-state index is 11.5. The first-order valence-corrected chi connectivity index (χ1v) is 7.34. The number of aliphatic hydroxyl groups excluding tert-OH is 1. The number of anilines is 1. The lowest BCUT2D eigenvalue weighted by molar-refractivity contribution is -0.122. The predicted octanol–water partition coefficient (Wildman–Crippen LogP) is 0.982. The molecule has 1 aromatic heterocycles. The molecule has 3 N–H and O–H groups in total. The second kappa shape index (κ2) is 7.28. The van der Waals surface area contributed by atoms with E-state index in [4.69, 9.17) is 5.11 Å². The third-order valence-corrected chi connectivity index (χ3v) is 3.68. The fraction of sp³-hybridized carbons (Fsp3) is 0.714. The van der Waals surface area contributed by atoms with Gasteiger partial charge in [0.1, 0.15) is 6.54 Å². The fourth-order valence-electron chi connectivity index (χ4n) is 2.72. The molecule has 0 saturated heterocycles. The fourth-order valence-corrected chi connectivity index (χ4v) is 2.72. The molecule has 0 aromatic carbocycles. The molecule has 20 heavy (non-hydrogen) atoms. The zero-order valence-corrected chi connectivity index (χ0v) is 12.0. The molecule has 0 spiro atoms. The standard InChI is InChI=1S/C14H24N4O2/c1-11-3-2-4-12(7-11)17-13-8-16-18(9-13)10-14(20)15-5-6-19/h8-9,11-12,17,19H,2-7,10H2,1H3,(H,15,20). The van der Waals surface area contributed by atoms with Crippen molar-refractivity contribution in [1.29, 1.82) is 0 Å². The Balaban J connectivity index is 1.81. The van der Waals surface area contributed by atoms with Crippen molar-refractivity contribution in [3.63, 3.8) is 0 Å². The normalized spacial score (nSPS) is 22.5. The number of amides is 1. The number of aromatic nitrogens is 2. The Bertz CT molecular complexity index is 433. The lowest BCUT2D eigenvalue weighted by Gasteiger charge is -2.27. The van der Waals surface area contributed by atoms with Crippen LogP contribution < -0.4 is 10.6 Å². The zero-order valence-electron chi connectivity index (χ0n) is 12.0. The van der Waals surface area contributed by atoms with E-state index in [-0.39, 0.29) is 25.6 Å². The van der Waals surface area contributed by atoms with Crippen molar-refractivity contribution in [3.05, 3.63) is 12.4 Å². The Hall–Kier alpha value is -1.56. The van der Waals surface area contributed by atoms with Gasteiger partial charge in [0.05, 0.1) is 18.5 Å². The van der Waals surface area contributed by atoms with Crippen molar-refractivity contribution in [3.8, 4) is 0 Å². The van der Waals surface area contributed by atoms with Gasteiger partial charge in [0.25, 0.3) is 0 Å². The van der Waals surface area contributed by atoms with E-state index in [1.165, 1.54) is 25.7 Å². The van der Waals surface area contributed by atoms with E-state index < -0.39 is 0 Å². The Morgan fingerprint density at radius 2 is 2.40 bits per heavy atom. The molecule has 0 bridgehead atoms. The summed E-state index contributed by atoms with van der Waals surface area (Å²) in [6.45, 7) is 2.72. The summed E-state index contributed by atoms with van der Waals surface area (Å²) in [5, 5.41) is 18.9. The molecule has 0 aliphatic heterocycles. The largest absolute Gasteiger partial charge is 0.395 e. The van der Waals surface area contributed by atoms with Gasteiger partial charge in [0.2, 0.25) is 5.91 Å². The number of nitrogens with zero attached hydrogens (tertiary/aromatic N) is 2. The molecular formula is C14H24N4O2. The Morgan fingerprint density at radius 1 is 1.55 bits per heavy atom. The summed E-state index contributed by atoms with van der Waals surface area (Å²) in [6, 6.07) is 0.514. The topological polar surface area (TPSA) is 79.2 Å². The molecule has 1 aliphatic rings. The molecular weight excluding hydrogens is 256 g/mol. The predicted molar refractivity (Wildman–Crippen MR) is 77.4 cm³/mol. The summed E-state index contributed by atoms with van der Waals surface area (Å²) < 4.78 is 1.61. The van der Waals surface area contributed by atoms with Gasteiger partial charge in [-0.05, 0) is 18.8 Å². The minimum atomic E-state index is -0.139. The van der Waals surface area contributed by atoms with Gasteiger partial charge in [0.15, 0.2) is 0 Å². The van der Waals surface area contributed by atoms with Crippen molar-refractivity contribution in [2.45, 2.75) is 45.2 Å². The van der Waals surface area contributed by atoms with Crippen LogP contribution in [0, 0.1) is 5.92 Å². The summed E-state index contributed by atoms with van der Waals surface area (Å²) in [7, 11) is 0. The number of rotatable bonds is 6. The second-order valence-electron chi connectivity index (χ2n) is 5.61. The molecule has 1 heterocycles. The summed E-state index contributed by atoms with van der Waals surface area (Å²) >= 11 is 0. The van der Waals surface area contributed by atoms with Crippen LogP contribution in [0.1, 0.15) is 32.6 Å². The van der Waals surface area contributed by atoms with Crippen molar-refractivity contribution in [2.24, 2.45) is 5.92 Å². The molecule has 1 amide bonds. The molecule has 2 atom stereocenters. The van der Waals surface area contributed by atoms with Crippen molar-refractivity contribution < 1.29 is 9.90 Å². The van der Waals surface area contributed by atoms with Gasteiger partial charge >= 0.3 is 0 Å². The van der Waals surface area contributed by atoms with Gasteiger partial charge < -0.3 is 15.7 Å². The SMILES string of the molecule is CC1CCCC(Nc2cnn(CC(=O)NCCO)c2)C1. The summed E-state index contributed by atoms with van der Waals surface area (Å²) in [4.78, 5) is 11.5. The van der Waals surface area contributed by atoms with Crippen LogP contribution in [0.25, 0.3) is 0 Å². The Morgan fingerprint density at radius 3 is 3.15 bits per heavy atom. The number of hydrogen-bond donors (Lipinski definition) is 3. The lowest BCUT2D eigenvalue weighted by atomic mass is 9.87. The molecule has 2 unspecified atom stereocenters. The first kappa shape index (κ1) is 14.8. The maximum Gasteiger partial charge on any atom is 0.241 e. The second-order valence-corrected chi connectivity index (χ2v) is 5.61. The highest BCUT2D eigenvalue weighted by atomic mass is 16.3. The van der Waals surface area contributed by atoms with E-state index in [1.807, 2.05) is 6.20 Å². The highest BCUT2D eigenvalue weighted by Gasteiger charge is 2.18. The minimum Gasteiger partial charge on any atom is -0.395 e. The van der Waals surface area contributed by atoms with Crippen molar-refractivity contribution in [2.75, 3.05) is 18.5 Å². The van der Waals surface area contributed by atoms with E-state index in [0.717, 1.165) is 11.6 Å². The van der Waals surface area contributed by atoms with Crippen LogP contribution in [0.15, 0.2) is 12.4 Å². The molecule has 1 saturated carbocycles. The van der Waals surface area contributed by atoms with Gasteiger partial charge in [0, 0.05) is 18.8 Å². The number of carbonyl (C=O) groups is 1. The van der Waals surface area contributed by atoms with Gasteiger partial charge in [-0.25, -0.2) is 0 Å². The molecule has 2 rings (SSSR count). The molecule has 112 valence electrons. The lowest BCUT2D eigenvalue weighted by Crippen LogP contribution is -2.30. The third-order valence-electron chi connectivity index (χ3n) is 3.68. The summed E-state index contributed by atoms with van der Waals surface area (Å²) in [5.41, 5.74) is 0.971. The molecule has 0 radical (unpaired) electrons. The molecule has 1 fully saturated rings. The van der Waals surface area contributed by atoms with Crippen LogP contribution >= 0.6 is 0 Å². The number of carbonyl (C=O) groups excluding carboxylic acids is 1. The highest BCUT2D eigenvalue weighted by Crippen LogP contribution is 2.25. The van der Waals surface area contributed by atoms with Gasteiger partial charge in [-0.3, -0.25) is 9.48 Å². The number of hydrogen-bond acceptors (Lipinski definition) is 4. The van der Waals surface area contributed by atoms with Crippen LogP contribution in [-0.4, -0.2) is 40.0 Å². The Labute approximate surface area is 119 Å². The van der Waals surface area contributed by atoms with Gasteiger partial charge in [-0.2, -0.15) is 5.10 Å². The molecule has 1 aromatic rings. The van der Waals surface area contributed by atoms with Gasteiger partial charge in [-0.1, -0.05) is 19.8 Å². The van der Waals surface area contributed by atoms with E-state index in [0.29, 0.717) is 6.04 Å². The highest BCUT2D eigenvalue weighted by molar-refractivity contribution is 5.75. The Kier molecular flexibility index (Phi) is 5.40. The molecule has 6 heteroatoms. The van der Waals surface area contributed by atoms with E-state index >= 15 is 0 Å². The first-order chi connectivity index (χ1) is 9.67. The van der Waals surface area contributed by atoms with Crippen LogP contribution in [0.3, 0.4) is 0 Å². The minimum absolute atomic E-state index is 0.0441. The van der Waals surface area contributed by atoms with E-state index in [9.17, 15) is 4.79 Å². The van der Waals surface area contributed by atoms with E-state index in [2.05, 4.69) is 22.7 Å². The summed E-state index contributed by atoms with van der Waals surface area (Å²) in [5.74, 6) is 0.639. The molecule has 6 nitrogen and oxygen atoms in total. The smallest absolute Gasteiger partial charge is 0.241 e. The molecule has 1 aliphatic carbocycles. The van der Waals surface area contributed by atoms with Crippen LogP contribution in [0.5, 0.6) is 0 Å². The summed E-state index contributed by atoms with van der Waals surface area (Å²) in [6.07, 6.45) is 8.62. The number of aliphatic hydroxyl groups is 1.